The highest BCUT2D eigenvalue weighted by molar-refractivity contribution is 9.10. The highest BCUT2D eigenvalue weighted by Crippen LogP contribution is 2.32. The first kappa shape index (κ1) is 23.0. The summed E-state index contributed by atoms with van der Waals surface area (Å²) in [6.45, 7) is 4.22. The molecule has 1 aromatic heterocycles. The number of sulfonamides is 1. The molecule has 0 radical (unpaired) electrons. The molecule has 0 spiro atoms. The fraction of sp³-hybridized carbons (Fsp3) is 0.167. The van der Waals surface area contributed by atoms with Crippen molar-refractivity contribution in [3.8, 4) is 5.75 Å². The van der Waals surface area contributed by atoms with Crippen LogP contribution in [-0.4, -0.2) is 25.0 Å². The summed E-state index contributed by atoms with van der Waals surface area (Å²) in [7, 11) is -4.03. The molecule has 0 bridgehead atoms. The van der Waals surface area contributed by atoms with Crippen LogP contribution in [0, 0.1) is 0 Å². The van der Waals surface area contributed by atoms with E-state index in [0.717, 1.165) is 12.1 Å². The predicted octanol–water partition coefficient (Wildman–Crippen LogP) is 5.90. The monoisotopic (exact) mass is 526 g/mol. The van der Waals surface area contributed by atoms with Crippen LogP contribution >= 0.6 is 15.9 Å². The molecule has 0 aliphatic rings. The van der Waals surface area contributed by atoms with Gasteiger partial charge in [-0.15, -0.1) is 0 Å². The second-order valence-corrected chi connectivity index (χ2v) is 9.78. The van der Waals surface area contributed by atoms with Crippen LogP contribution < -0.4 is 14.8 Å². The second-order valence-electron chi connectivity index (χ2n) is 7.21. The number of hydrogen-bond acceptors (Lipinski definition) is 6. The molecule has 0 aliphatic carbocycles. The lowest BCUT2D eigenvalue weighted by Crippen LogP contribution is -2.17. The maximum absolute atomic E-state index is 13.4. The number of aryl methyl sites for hydroxylation is 1. The van der Waals surface area contributed by atoms with Gasteiger partial charge in [0.15, 0.2) is 11.6 Å². The molecule has 0 unspecified atom stereocenters. The van der Waals surface area contributed by atoms with Crippen LogP contribution in [0.4, 0.5) is 17.3 Å². The molecule has 4 rings (SSSR count). The molecule has 0 atom stereocenters. The van der Waals surface area contributed by atoms with Gasteiger partial charge in [-0.2, -0.15) is 0 Å². The number of rotatable bonds is 8. The van der Waals surface area contributed by atoms with Gasteiger partial charge < -0.3 is 10.1 Å². The van der Waals surface area contributed by atoms with Gasteiger partial charge in [-0.3, -0.25) is 4.72 Å². The van der Waals surface area contributed by atoms with Crippen LogP contribution in [0.1, 0.15) is 19.4 Å². The molecule has 0 saturated heterocycles. The molecule has 3 aromatic carbocycles. The molecule has 4 aromatic rings. The van der Waals surface area contributed by atoms with Crippen molar-refractivity contribution in [3.63, 3.8) is 0 Å². The van der Waals surface area contributed by atoms with E-state index in [1.54, 1.807) is 25.1 Å². The molecule has 170 valence electrons. The zero-order chi connectivity index (χ0) is 23.4. The molecule has 0 aliphatic heterocycles. The Hall–Kier alpha value is -3.17. The minimum Gasteiger partial charge on any atom is -0.492 e. The van der Waals surface area contributed by atoms with E-state index in [4.69, 9.17) is 4.74 Å². The fourth-order valence-electron chi connectivity index (χ4n) is 3.27. The maximum atomic E-state index is 13.4. The summed E-state index contributed by atoms with van der Waals surface area (Å²) in [6.07, 6.45) is 0.926. The largest absolute Gasteiger partial charge is 0.492 e. The van der Waals surface area contributed by atoms with Gasteiger partial charge >= 0.3 is 0 Å². The quantitative estimate of drug-likeness (QED) is 0.297. The molecule has 0 amide bonds. The number of hydrogen-bond donors (Lipinski definition) is 2. The van der Waals surface area contributed by atoms with Crippen molar-refractivity contribution in [2.24, 2.45) is 0 Å². The lowest BCUT2D eigenvalue weighted by molar-refractivity contribution is 0.331. The van der Waals surface area contributed by atoms with E-state index >= 15 is 0 Å². The lowest BCUT2D eigenvalue weighted by atomic mass is 10.1. The molecule has 9 heteroatoms. The predicted molar refractivity (Wildman–Crippen MR) is 135 cm³/mol. The van der Waals surface area contributed by atoms with Crippen molar-refractivity contribution in [2.45, 2.75) is 25.2 Å². The van der Waals surface area contributed by atoms with Crippen LogP contribution in [0.5, 0.6) is 5.75 Å². The highest BCUT2D eigenvalue weighted by atomic mass is 79.9. The third-order valence-electron chi connectivity index (χ3n) is 4.92. The summed E-state index contributed by atoms with van der Waals surface area (Å²) in [4.78, 5) is 9.18. The average Bonchev–Trinajstić information content (AvgIpc) is 2.81. The number of fused-ring (bicyclic) bond motifs is 1. The van der Waals surface area contributed by atoms with E-state index in [1.165, 1.54) is 11.6 Å². The molecule has 1 heterocycles. The SMILES string of the molecule is CCOc1ccc(Br)cc1S(=O)(=O)Nc1nc2ccccc2nc1Nc1ccc(CC)cc1. The zero-order valence-electron chi connectivity index (χ0n) is 18.2. The van der Waals surface area contributed by atoms with E-state index in [2.05, 4.69) is 42.9 Å². The Morgan fingerprint density at radius 3 is 2.21 bits per heavy atom. The van der Waals surface area contributed by atoms with Crippen LogP contribution in [0.15, 0.2) is 76.1 Å². The Morgan fingerprint density at radius 1 is 0.909 bits per heavy atom. The van der Waals surface area contributed by atoms with E-state index in [9.17, 15) is 8.42 Å². The van der Waals surface area contributed by atoms with Crippen LogP contribution in [0.2, 0.25) is 0 Å². The van der Waals surface area contributed by atoms with Crippen molar-refractivity contribution >= 4 is 54.3 Å². The number of aromatic nitrogens is 2. The lowest BCUT2D eigenvalue weighted by Gasteiger charge is -2.16. The van der Waals surface area contributed by atoms with Gasteiger partial charge in [0.25, 0.3) is 10.0 Å². The average molecular weight is 527 g/mol. The molecule has 2 N–H and O–H groups in total. The van der Waals surface area contributed by atoms with Gasteiger partial charge in [0.1, 0.15) is 10.6 Å². The summed E-state index contributed by atoms with van der Waals surface area (Å²) >= 11 is 3.34. The number of nitrogens with zero attached hydrogens (tertiary/aromatic N) is 2. The van der Waals surface area contributed by atoms with E-state index < -0.39 is 10.0 Å². The highest BCUT2D eigenvalue weighted by Gasteiger charge is 2.23. The van der Waals surface area contributed by atoms with Gasteiger partial charge in [0.05, 0.1) is 17.6 Å². The first-order chi connectivity index (χ1) is 15.9. The van der Waals surface area contributed by atoms with Crippen molar-refractivity contribution in [2.75, 3.05) is 16.6 Å². The third kappa shape index (κ3) is 5.26. The maximum Gasteiger partial charge on any atom is 0.266 e. The van der Waals surface area contributed by atoms with Gasteiger partial charge in [-0.1, -0.05) is 47.1 Å². The Balaban J connectivity index is 1.77. The second kappa shape index (κ2) is 9.76. The van der Waals surface area contributed by atoms with Crippen LogP contribution in [0.25, 0.3) is 11.0 Å². The van der Waals surface area contributed by atoms with Gasteiger partial charge in [0.2, 0.25) is 0 Å². The number of ether oxygens (including phenoxy) is 1. The summed E-state index contributed by atoms with van der Waals surface area (Å²) in [5.74, 6) is 0.650. The topological polar surface area (TPSA) is 93.2 Å². The Bertz CT molecular complexity index is 1390. The first-order valence-electron chi connectivity index (χ1n) is 10.5. The molecule has 0 saturated carbocycles. The summed E-state index contributed by atoms with van der Waals surface area (Å²) in [5, 5.41) is 3.20. The van der Waals surface area contributed by atoms with Crippen molar-refractivity contribution in [1.29, 1.82) is 0 Å². The van der Waals surface area contributed by atoms with E-state index in [-0.39, 0.29) is 16.5 Å². The normalized spacial score (nSPS) is 11.4. The third-order valence-corrected chi connectivity index (χ3v) is 6.78. The number of nitrogens with one attached hydrogen (secondary N) is 2. The molecular formula is C24H23BrN4O3S. The summed E-state index contributed by atoms with van der Waals surface area (Å²) in [5.41, 5.74) is 3.19. The first-order valence-corrected chi connectivity index (χ1v) is 12.7. The Morgan fingerprint density at radius 2 is 1.58 bits per heavy atom. The molecule has 0 fully saturated rings. The van der Waals surface area contributed by atoms with Gasteiger partial charge in [-0.25, -0.2) is 18.4 Å². The number of anilines is 3. The van der Waals surface area contributed by atoms with Gasteiger partial charge in [-0.05, 0) is 61.4 Å². The number of halogens is 1. The smallest absolute Gasteiger partial charge is 0.266 e. The minimum absolute atomic E-state index is 0.00642. The van der Waals surface area contributed by atoms with E-state index in [0.29, 0.717) is 27.9 Å². The Kier molecular flexibility index (Phi) is 6.80. The zero-order valence-corrected chi connectivity index (χ0v) is 20.6. The fourth-order valence-corrected chi connectivity index (χ4v) is 4.96. The standard InChI is InChI=1S/C24H23BrN4O3S/c1-3-16-9-12-18(13-10-16)26-23-24(28-20-8-6-5-7-19(20)27-23)29-33(30,31)22-15-17(25)11-14-21(22)32-4-2/h5-15H,3-4H2,1-2H3,(H,26,27)(H,28,29). The molecule has 7 nitrogen and oxygen atoms in total. The van der Waals surface area contributed by atoms with Crippen LogP contribution in [0.3, 0.4) is 0 Å². The molecular weight excluding hydrogens is 504 g/mol. The van der Waals surface area contributed by atoms with Crippen molar-refractivity contribution in [3.05, 3.63) is 76.8 Å². The molecule has 33 heavy (non-hydrogen) atoms. The number of benzene rings is 3. The summed E-state index contributed by atoms with van der Waals surface area (Å²) in [6, 6.07) is 20.0. The number of para-hydroxylation sites is 2. The van der Waals surface area contributed by atoms with Crippen molar-refractivity contribution in [1.82, 2.24) is 9.97 Å². The summed E-state index contributed by atoms with van der Waals surface area (Å²) < 4.78 is 35.5. The van der Waals surface area contributed by atoms with Gasteiger partial charge in [0, 0.05) is 10.2 Å². The Labute approximate surface area is 201 Å². The van der Waals surface area contributed by atoms with Crippen LogP contribution in [-0.2, 0) is 16.4 Å². The van der Waals surface area contributed by atoms with E-state index in [1.807, 2.05) is 42.5 Å². The minimum atomic E-state index is -4.03. The van der Waals surface area contributed by atoms with Crippen molar-refractivity contribution < 1.29 is 13.2 Å².